The Labute approximate surface area is 142 Å². The van der Waals surface area contributed by atoms with Crippen molar-refractivity contribution in [3.8, 4) is 11.4 Å². The lowest BCUT2D eigenvalue weighted by molar-refractivity contribution is -0.136. The zero-order chi connectivity index (χ0) is 16.9. The standard InChI is InChI=1S/C19H23N3O2/c1-14-5-7-15(8-6-14)19-20-10-9-17(21-19)16-4-3-11-22(12-16)18(23)13-24-2/h5-10,16H,3-4,11-13H2,1-2H3. The van der Waals surface area contributed by atoms with E-state index in [1.54, 1.807) is 7.11 Å². The number of hydrogen-bond acceptors (Lipinski definition) is 4. The van der Waals surface area contributed by atoms with E-state index in [-0.39, 0.29) is 18.4 Å². The molecule has 0 saturated carbocycles. The summed E-state index contributed by atoms with van der Waals surface area (Å²) in [5, 5.41) is 0. The Hall–Kier alpha value is -2.27. The molecular weight excluding hydrogens is 302 g/mol. The third-order valence-corrected chi connectivity index (χ3v) is 4.45. The molecule has 5 heteroatoms. The summed E-state index contributed by atoms with van der Waals surface area (Å²) >= 11 is 0. The summed E-state index contributed by atoms with van der Waals surface area (Å²) in [6.45, 7) is 3.71. The van der Waals surface area contributed by atoms with Crippen LogP contribution in [-0.4, -0.2) is 47.6 Å². The number of ether oxygens (including phenoxy) is 1. The summed E-state index contributed by atoms with van der Waals surface area (Å²) in [5.41, 5.74) is 3.25. The van der Waals surface area contributed by atoms with E-state index in [0.29, 0.717) is 6.54 Å². The van der Waals surface area contributed by atoms with E-state index >= 15 is 0 Å². The Kier molecular flexibility index (Phi) is 5.20. The van der Waals surface area contributed by atoms with Crippen molar-refractivity contribution >= 4 is 5.91 Å². The van der Waals surface area contributed by atoms with E-state index < -0.39 is 0 Å². The number of aryl methyl sites for hydroxylation is 1. The van der Waals surface area contributed by atoms with Gasteiger partial charge in [0.15, 0.2) is 5.82 Å². The van der Waals surface area contributed by atoms with Gasteiger partial charge >= 0.3 is 0 Å². The first-order valence-corrected chi connectivity index (χ1v) is 8.34. The molecular formula is C19H23N3O2. The minimum Gasteiger partial charge on any atom is -0.375 e. The number of amides is 1. The van der Waals surface area contributed by atoms with Crippen LogP contribution in [-0.2, 0) is 9.53 Å². The van der Waals surface area contributed by atoms with Crippen LogP contribution in [0.5, 0.6) is 0 Å². The third-order valence-electron chi connectivity index (χ3n) is 4.45. The molecule has 1 atom stereocenters. The molecule has 1 aromatic carbocycles. The lowest BCUT2D eigenvalue weighted by Gasteiger charge is -2.32. The molecule has 1 fully saturated rings. The molecule has 24 heavy (non-hydrogen) atoms. The van der Waals surface area contributed by atoms with Crippen molar-refractivity contribution in [1.29, 1.82) is 0 Å². The van der Waals surface area contributed by atoms with Crippen LogP contribution < -0.4 is 0 Å². The van der Waals surface area contributed by atoms with E-state index in [1.165, 1.54) is 5.56 Å². The normalized spacial score (nSPS) is 17.8. The molecule has 1 saturated heterocycles. The van der Waals surface area contributed by atoms with Crippen molar-refractivity contribution < 1.29 is 9.53 Å². The topological polar surface area (TPSA) is 55.3 Å². The number of benzene rings is 1. The lowest BCUT2D eigenvalue weighted by Crippen LogP contribution is -2.41. The number of hydrogen-bond donors (Lipinski definition) is 0. The molecule has 5 nitrogen and oxygen atoms in total. The summed E-state index contributed by atoms with van der Waals surface area (Å²) in [7, 11) is 1.55. The second-order valence-corrected chi connectivity index (χ2v) is 6.28. The van der Waals surface area contributed by atoms with Gasteiger partial charge in [-0.05, 0) is 25.8 Å². The highest BCUT2D eigenvalue weighted by Gasteiger charge is 2.25. The van der Waals surface area contributed by atoms with Crippen LogP contribution in [0.3, 0.4) is 0 Å². The number of likely N-dealkylation sites (tertiary alicyclic amines) is 1. The molecule has 1 aliphatic heterocycles. The zero-order valence-electron chi connectivity index (χ0n) is 14.2. The average molecular weight is 325 g/mol. The van der Waals surface area contributed by atoms with Crippen LogP contribution in [0.4, 0.5) is 0 Å². The smallest absolute Gasteiger partial charge is 0.248 e. The number of carbonyl (C=O) groups excluding carboxylic acids is 1. The number of methoxy groups -OCH3 is 1. The third kappa shape index (κ3) is 3.79. The Morgan fingerprint density at radius 1 is 1.29 bits per heavy atom. The highest BCUT2D eigenvalue weighted by Crippen LogP contribution is 2.27. The van der Waals surface area contributed by atoms with Crippen molar-refractivity contribution in [2.45, 2.75) is 25.7 Å². The molecule has 2 aromatic rings. The Balaban J connectivity index is 1.78. The first-order chi connectivity index (χ1) is 11.7. The lowest BCUT2D eigenvalue weighted by atomic mass is 9.94. The van der Waals surface area contributed by atoms with Gasteiger partial charge in [0.25, 0.3) is 0 Å². The molecule has 1 aromatic heterocycles. The average Bonchev–Trinajstić information content (AvgIpc) is 2.63. The van der Waals surface area contributed by atoms with E-state index in [4.69, 9.17) is 9.72 Å². The highest BCUT2D eigenvalue weighted by molar-refractivity contribution is 5.77. The van der Waals surface area contributed by atoms with Gasteiger partial charge in [-0.3, -0.25) is 4.79 Å². The molecule has 126 valence electrons. The van der Waals surface area contributed by atoms with Crippen molar-refractivity contribution in [3.05, 3.63) is 47.8 Å². The van der Waals surface area contributed by atoms with Crippen LogP contribution in [0, 0.1) is 6.92 Å². The van der Waals surface area contributed by atoms with Gasteiger partial charge < -0.3 is 9.64 Å². The van der Waals surface area contributed by atoms with Gasteiger partial charge in [-0.15, -0.1) is 0 Å². The quantitative estimate of drug-likeness (QED) is 0.867. The summed E-state index contributed by atoms with van der Waals surface area (Å²) in [4.78, 5) is 23.1. The summed E-state index contributed by atoms with van der Waals surface area (Å²) < 4.78 is 4.97. The van der Waals surface area contributed by atoms with Gasteiger partial charge in [-0.1, -0.05) is 29.8 Å². The fourth-order valence-corrected chi connectivity index (χ4v) is 3.10. The zero-order valence-corrected chi connectivity index (χ0v) is 14.2. The monoisotopic (exact) mass is 325 g/mol. The van der Waals surface area contributed by atoms with E-state index in [2.05, 4.69) is 24.0 Å². The fourth-order valence-electron chi connectivity index (χ4n) is 3.10. The molecule has 0 radical (unpaired) electrons. The minimum absolute atomic E-state index is 0.0509. The number of carbonyl (C=O) groups is 1. The Bertz CT molecular complexity index is 700. The SMILES string of the molecule is COCC(=O)N1CCCC(c2ccnc(-c3ccc(C)cc3)n2)C1. The molecule has 2 heterocycles. The van der Waals surface area contributed by atoms with Crippen LogP contribution in [0.25, 0.3) is 11.4 Å². The molecule has 0 aliphatic carbocycles. The number of aromatic nitrogens is 2. The summed E-state index contributed by atoms with van der Waals surface area (Å²) in [6.07, 6.45) is 3.85. The number of rotatable bonds is 4. The number of piperidine rings is 1. The summed E-state index contributed by atoms with van der Waals surface area (Å²) in [5.74, 6) is 1.05. The van der Waals surface area contributed by atoms with Crippen LogP contribution in [0.2, 0.25) is 0 Å². The summed E-state index contributed by atoms with van der Waals surface area (Å²) in [6, 6.07) is 10.2. The second kappa shape index (κ2) is 7.53. The van der Waals surface area contributed by atoms with Crippen molar-refractivity contribution in [2.75, 3.05) is 26.8 Å². The predicted molar refractivity (Wildman–Crippen MR) is 92.6 cm³/mol. The van der Waals surface area contributed by atoms with Crippen molar-refractivity contribution in [1.82, 2.24) is 14.9 Å². The van der Waals surface area contributed by atoms with Gasteiger partial charge in [-0.2, -0.15) is 0 Å². The van der Waals surface area contributed by atoms with E-state index in [0.717, 1.165) is 36.5 Å². The minimum atomic E-state index is 0.0509. The first-order valence-electron chi connectivity index (χ1n) is 8.34. The predicted octanol–water partition coefficient (Wildman–Crippen LogP) is 2.80. The second-order valence-electron chi connectivity index (χ2n) is 6.28. The van der Waals surface area contributed by atoms with Gasteiger partial charge in [0.05, 0.1) is 0 Å². The molecule has 1 amide bonds. The van der Waals surface area contributed by atoms with Crippen molar-refractivity contribution in [3.63, 3.8) is 0 Å². The number of nitrogens with zero attached hydrogens (tertiary/aromatic N) is 3. The van der Waals surface area contributed by atoms with Crippen molar-refractivity contribution in [2.24, 2.45) is 0 Å². The van der Waals surface area contributed by atoms with E-state index in [1.807, 2.05) is 29.3 Å². The Morgan fingerprint density at radius 2 is 2.08 bits per heavy atom. The molecule has 0 N–H and O–H groups in total. The highest BCUT2D eigenvalue weighted by atomic mass is 16.5. The van der Waals surface area contributed by atoms with Gasteiger partial charge in [0, 0.05) is 43.6 Å². The van der Waals surface area contributed by atoms with Gasteiger partial charge in [0.1, 0.15) is 6.61 Å². The van der Waals surface area contributed by atoms with Crippen LogP contribution >= 0.6 is 0 Å². The molecule has 0 bridgehead atoms. The van der Waals surface area contributed by atoms with Crippen LogP contribution in [0.15, 0.2) is 36.5 Å². The van der Waals surface area contributed by atoms with E-state index in [9.17, 15) is 4.79 Å². The molecule has 3 rings (SSSR count). The Morgan fingerprint density at radius 3 is 2.83 bits per heavy atom. The molecule has 0 spiro atoms. The maximum atomic E-state index is 12.1. The van der Waals surface area contributed by atoms with Gasteiger partial charge in [-0.25, -0.2) is 9.97 Å². The first kappa shape index (κ1) is 16.6. The fraction of sp³-hybridized carbons (Fsp3) is 0.421. The largest absolute Gasteiger partial charge is 0.375 e. The molecule has 1 aliphatic rings. The van der Waals surface area contributed by atoms with Crippen LogP contribution in [0.1, 0.15) is 30.0 Å². The molecule has 1 unspecified atom stereocenters. The maximum absolute atomic E-state index is 12.1. The maximum Gasteiger partial charge on any atom is 0.248 e. The van der Waals surface area contributed by atoms with Gasteiger partial charge in [0.2, 0.25) is 5.91 Å².